The first-order valence-electron chi connectivity index (χ1n) is 7.82. The molecule has 3 nitrogen and oxygen atoms in total. The molecule has 1 aromatic rings. The molecule has 3 rings (SSSR count). The molecule has 0 radical (unpaired) electrons. The summed E-state index contributed by atoms with van der Waals surface area (Å²) in [5.41, 5.74) is 0.623. The third-order valence-corrected chi connectivity index (χ3v) is 4.87. The standard InChI is InChI=1S/C17H24FNO2/c1-12-5-4-8-17(9-12)11-21-15(10-19-17)16-13(18)6-3-7-14(16)20-2/h3,6-7,12,15,19H,4-5,8-11H2,1-2H3. The normalized spacial score (nSPS) is 33.1. The zero-order valence-corrected chi connectivity index (χ0v) is 12.8. The van der Waals surface area contributed by atoms with Gasteiger partial charge in [-0.1, -0.05) is 25.8 Å². The van der Waals surface area contributed by atoms with Crippen LogP contribution in [0.3, 0.4) is 0 Å². The highest BCUT2D eigenvalue weighted by Gasteiger charge is 2.40. The molecule has 3 unspecified atom stereocenters. The largest absolute Gasteiger partial charge is 0.496 e. The van der Waals surface area contributed by atoms with E-state index in [0.717, 1.165) is 18.8 Å². The van der Waals surface area contributed by atoms with Gasteiger partial charge < -0.3 is 14.8 Å². The minimum absolute atomic E-state index is 0.0899. The quantitative estimate of drug-likeness (QED) is 0.906. The summed E-state index contributed by atoms with van der Waals surface area (Å²) in [6.45, 7) is 3.60. The van der Waals surface area contributed by atoms with Gasteiger partial charge in [0.05, 0.1) is 19.3 Å². The van der Waals surface area contributed by atoms with Gasteiger partial charge in [-0.05, 0) is 30.9 Å². The zero-order chi connectivity index (χ0) is 14.9. The molecule has 2 aliphatic rings. The molecule has 1 aliphatic heterocycles. The molecule has 1 aromatic carbocycles. The van der Waals surface area contributed by atoms with Crippen molar-refractivity contribution in [3.05, 3.63) is 29.6 Å². The van der Waals surface area contributed by atoms with Crippen molar-refractivity contribution in [3.63, 3.8) is 0 Å². The van der Waals surface area contributed by atoms with Crippen LogP contribution in [0.15, 0.2) is 18.2 Å². The molecule has 1 N–H and O–H groups in total. The molecule has 3 atom stereocenters. The summed E-state index contributed by atoms with van der Waals surface area (Å²) in [4.78, 5) is 0. The number of ether oxygens (including phenoxy) is 2. The lowest BCUT2D eigenvalue weighted by molar-refractivity contribution is -0.0547. The Morgan fingerprint density at radius 2 is 2.29 bits per heavy atom. The predicted molar refractivity (Wildman–Crippen MR) is 80.0 cm³/mol. The summed E-state index contributed by atoms with van der Waals surface area (Å²) in [5, 5.41) is 3.64. The molecule has 1 spiro atoms. The van der Waals surface area contributed by atoms with Crippen LogP contribution in [-0.4, -0.2) is 25.8 Å². The van der Waals surface area contributed by atoms with Crippen molar-refractivity contribution >= 4 is 0 Å². The van der Waals surface area contributed by atoms with Crippen LogP contribution in [0.2, 0.25) is 0 Å². The molecule has 1 saturated carbocycles. The number of halogens is 1. The number of nitrogens with one attached hydrogen (secondary N) is 1. The van der Waals surface area contributed by atoms with Gasteiger partial charge in [-0.3, -0.25) is 0 Å². The van der Waals surface area contributed by atoms with E-state index in [0.29, 0.717) is 24.5 Å². The molecule has 0 aromatic heterocycles. The van der Waals surface area contributed by atoms with Crippen LogP contribution >= 0.6 is 0 Å². The van der Waals surface area contributed by atoms with Crippen LogP contribution in [0, 0.1) is 11.7 Å². The summed E-state index contributed by atoms with van der Waals surface area (Å²) >= 11 is 0. The van der Waals surface area contributed by atoms with Crippen LogP contribution in [0.5, 0.6) is 5.75 Å². The Morgan fingerprint density at radius 3 is 2.95 bits per heavy atom. The van der Waals surface area contributed by atoms with Crippen LogP contribution in [0.4, 0.5) is 4.39 Å². The molecule has 0 bridgehead atoms. The van der Waals surface area contributed by atoms with Crippen LogP contribution in [0.1, 0.15) is 44.3 Å². The fourth-order valence-electron chi connectivity index (χ4n) is 3.82. The lowest BCUT2D eigenvalue weighted by Crippen LogP contribution is -2.57. The van der Waals surface area contributed by atoms with E-state index in [1.54, 1.807) is 19.2 Å². The van der Waals surface area contributed by atoms with Crippen molar-refractivity contribution in [2.45, 2.75) is 44.2 Å². The van der Waals surface area contributed by atoms with E-state index < -0.39 is 0 Å². The molecule has 0 amide bonds. The van der Waals surface area contributed by atoms with Crippen molar-refractivity contribution in [3.8, 4) is 5.75 Å². The highest BCUT2D eigenvalue weighted by atomic mass is 19.1. The van der Waals surface area contributed by atoms with Gasteiger partial charge in [-0.2, -0.15) is 0 Å². The fraction of sp³-hybridized carbons (Fsp3) is 0.647. The van der Waals surface area contributed by atoms with Gasteiger partial charge in [0.15, 0.2) is 0 Å². The molecular formula is C17H24FNO2. The molecule has 1 heterocycles. The van der Waals surface area contributed by atoms with Crippen molar-refractivity contribution < 1.29 is 13.9 Å². The third kappa shape index (κ3) is 2.92. The lowest BCUT2D eigenvalue weighted by Gasteiger charge is -2.45. The second kappa shape index (κ2) is 5.93. The van der Waals surface area contributed by atoms with Crippen molar-refractivity contribution in [2.24, 2.45) is 5.92 Å². The molecule has 1 aliphatic carbocycles. The van der Waals surface area contributed by atoms with Crippen LogP contribution < -0.4 is 10.1 Å². The van der Waals surface area contributed by atoms with Gasteiger partial charge in [0.2, 0.25) is 0 Å². The Hall–Kier alpha value is -1.13. The smallest absolute Gasteiger partial charge is 0.132 e. The number of methoxy groups -OCH3 is 1. The SMILES string of the molecule is COc1cccc(F)c1C1CNC2(CCCC(C)C2)CO1. The van der Waals surface area contributed by atoms with E-state index in [9.17, 15) is 4.39 Å². The van der Waals surface area contributed by atoms with E-state index in [4.69, 9.17) is 9.47 Å². The van der Waals surface area contributed by atoms with Crippen molar-refractivity contribution in [1.82, 2.24) is 5.32 Å². The highest BCUT2D eigenvalue weighted by molar-refractivity contribution is 5.37. The predicted octanol–water partition coefficient (Wildman–Crippen LogP) is 3.44. The fourth-order valence-corrected chi connectivity index (χ4v) is 3.82. The Morgan fingerprint density at radius 1 is 1.43 bits per heavy atom. The molecule has 4 heteroatoms. The van der Waals surface area contributed by atoms with Crippen molar-refractivity contribution in [2.75, 3.05) is 20.3 Å². The highest BCUT2D eigenvalue weighted by Crippen LogP contribution is 2.38. The maximum absolute atomic E-state index is 14.1. The summed E-state index contributed by atoms with van der Waals surface area (Å²) in [5.74, 6) is 1.04. The number of benzene rings is 1. The number of hydrogen-bond donors (Lipinski definition) is 1. The summed E-state index contributed by atoms with van der Waals surface area (Å²) < 4.78 is 25.5. The average Bonchev–Trinajstić information content (AvgIpc) is 2.48. The summed E-state index contributed by atoms with van der Waals surface area (Å²) in [7, 11) is 1.57. The van der Waals surface area contributed by atoms with Gasteiger partial charge in [0.25, 0.3) is 0 Å². The summed E-state index contributed by atoms with van der Waals surface area (Å²) in [6.07, 6.45) is 4.57. The maximum atomic E-state index is 14.1. The molecule has 2 fully saturated rings. The Kier molecular flexibility index (Phi) is 4.18. The second-order valence-corrected chi connectivity index (χ2v) is 6.52. The molecule has 21 heavy (non-hydrogen) atoms. The molecular weight excluding hydrogens is 269 g/mol. The summed E-state index contributed by atoms with van der Waals surface area (Å²) in [6, 6.07) is 4.92. The van der Waals surface area contributed by atoms with E-state index in [2.05, 4.69) is 12.2 Å². The minimum atomic E-state index is -0.274. The van der Waals surface area contributed by atoms with Gasteiger partial charge in [-0.15, -0.1) is 0 Å². The first-order chi connectivity index (χ1) is 10.1. The van der Waals surface area contributed by atoms with Gasteiger partial charge in [0, 0.05) is 12.1 Å². The number of morpholine rings is 1. The Labute approximate surface area is 125 Å². The van der Waals surface area contributed by atoms with E-state index in [1.165, 1.54) is 18.9 Å². The Balaban J connectivity index is 1.74. The number of hydrogen-bond acceptors (Lipinski definition) is 3. The Bertz CT molecular complexity index is 498. The first kappa shape index (κ1) is 14.8. The first-order valence-corrected chi connectivity index (χ1v) is 7.82. The molecule has 116 valence electrons. The third-order valence-electron chi connectivity index (χ3n) is 4.87. The lowest BCUT2D eigenvalue weighted by atomic mass is 9.76. The second-order valence-electron chi connectivity index (χ2n) is 6.52. The monoisotopic (exact) mass is 293 g/mol. The van der Waals surface area contributed by atoms with Crippen molar-refractivity contribution in [1.29, 1.82) is 0 Å². The van der Waals surface area contributed by atoms with Crippen LogP contribution in [0.25, 0.3) is 0 Å². The maximum Gasteiger partial charge on any atom is 0.132 e. The van der Waals surface area contributed by atoms with Gasteiger partial charge >= 0.3 is 0 Å². The number of rotatable bonds is 2. The van der Waals surface area contributed by atoms with Gasteiger partial charge in [-0.25, -0.2) is 4.39 Å². The van der Waals surface area contributed by atoms with E-state index >= 15 is 0 Å². The molecule has 1 saturated heterocycles. The zero-order valence-electron chi connectivity index (χ0n) is 12.8. The van der Waals surface area contributed by atoms with Crippen LogP contribution in [-0.2, 0) is 4.74 Å². The minimum Gasteiger partial charge on any atom is -0.496 e. The van der Waals surface area contributed by atoms with E-state index in [-0.39, 0.29) is 17.5 Å². The van der Waals surface area contributed by atoms with Gasteiger partial charge in [0.1, 0.15) is 17.7 Å². The van der Waals surface area contributed by atoms with E-state index in [1.807, 2.05) is 0 Å². The topological polar surface area (TPSA) is 30.5 Å². The average molecular weight is 293 g/mol.